The summed E-state index contributed by atoms with van der Waals surface area (Å²) in [6, 6.07) is 9.45. The maximum atomic E-state index is 13.3. The molecule has 0 unspecified atom stereocenters. The van der Waals surface area contributed by atoms with Crippen molar-refractivity contribution < 1.29 is 23.5 Å². The number of thiophene rings is 1. The predicted octanol–water partition coefficient (Wildman–Crippen LogP) is 3.28. The first-order valence-electron chi connectivity index (χ1n) is 10.3. The molecule has 1 N–H and O–H groups in total. The van der Waals surface area contributed by atoms with Gasteiger partial charge in [-0.3, -0.25) is 9.59 Å². The number of ether oxygens (including phenoxy) is 1. The molecular formula is C23H22FN3O4S. The lowest BCUT2D eigenvalue weighted by Crippen LogP contribution is -2.22. The molecule has 2 heterocycles. The largest absolute Gasteiger partial charge is 0.452 e. The molecule has 166 valence electrons. The molecule has 1 aliphatic carbocycles. The third-order valence-electron chi connectivity index (χ3n) is 5.21. The van der Waals surface area contributed by atoms with Crippen LogP contribution in [0.25, 0.3) is 5.69 Å². The number of aromatic nitrogens is 2. The summed E-state index contributed by atoms with van der Waals surface area (Å²) in [6.45, 7) is 1.58. The van der Waals surface area contributed by atoms with Gasteiger partial charge in [-0.25, -0.2) is 13.9 Å². The third-order valence-corrected chi connectivity index (χ3v) is 6.40. The summed E-state index contributed by atoms with van der Waals surface area (Å²) in [4.78, 5) is 37.6. The van der Waals surface area contributed by atoms with Crippen LogP contribution >= 0.6 is 11.3 Å². The highest BCUT2D eigenvalue weighted by Gasteiger charge is 2.28. The highest BCUT2D eigenvalue weighted by Crippen LogP contribution is 2.28. The second-order valence-electron chi connectivity index (χ2n) is 7.51. The molecule has 3 aromatic rings. The molecule has 1 aromatic carbocycles. The molecule has 7 nitrogen and oxygen atoms in total. The molecule has 0 spiro atoms. The van der Waals surface area contributed by atoms with Gasteiger partial charge in [-0.1, -0.05) is 0 Å². The van der Waals surface area contributed by atoms with Gasteiger partial charge in [0.1, 0.15) is 5.82 Å². The maximum absolute atomic E-state index is 13.3. The van der Waals surface area contributed by atoms with Gasteiger partial charge in [0.15, 0.2) is 12.3 Å². The highest BCUT2D eigenvalue weighted by molar-refractivity contribution is 7.14. The van der Waals surface area contributed by atoms with Gasteiger partial charge >= 0.3 is 5.97 Å². The first-order valence-corrected chi connectivity index (χ1v) is 11.1. The number of fused-ring (bicyclic) bond motifs is 1. The van der Waals surface area contributed by atoms with Crippen LogP contribution in [-0.4, -0.2) is 40.6 Å². The highest BCUT2D eigenvalue weighted by atomic mass is 32.1. The third kappa shape index (κ3) is 4.77. The molecule has 4 rings (SSSR count). The van der Waals surface area contributed by atoms with Crippen molar-refractivity contribution in [2.45, 2.75) is 32.6 Å². The average Bonchev–Trinajstić information content (AvgIpc) is 3.49. The van der Waals surface area contributed by atoms with Crippen molar-refractivity contribution >= 4 is 29.0 Å². The summed E-state index contributed by atoms with van der Waals surface area (Å²) in [5.41, 5.74) is 2.61. The molecule has 1 aliphatic rings. The number of esters is 1. The van der Waals surface area contributed by atoms with E-state index in [4.69, 9.17) is 4.74 Å². The number of ketones is 1. The van der Waals surface area contributed by atoms with Crippen molar-refractivity contribution in [3.63, 3.8) is 0 Å². The Hall–Kier alpha value is -3.33. The lowest BCUT2D eigenvalue weighted by molar-refractivity contribution is -0.118. The number of hydrogen-bond acceptors (Lipinski definition) is 6. The van der Waals surface area contributed by atoms with E-state index in [1.807, 2.05) is 6.07 Å². The number of benzene rings is 1. The summed E-state index contributed by atoms with van der Waals surface area (Å²) in [5, 5.41) is 7.12. The van der Waals surface area contributed by atoms with Crippen LogP contribution in [0.5, 0.6) is 0 Å². The molecule has 1 amide bonds. The van der Waals surface area contributed by atoms with Gasteiger partial charge in [0, 0.05) is 29.6 Å². The molecule has 9 heteroatoms. The van der Waals surface area contributed by atoms with Crippen molar-refractivity contribution in [1.29, 1.82) is 0 Å². The number of halogens is 1. The topological polar surface area (TPSA) is 90.3 Å². The fourth-order valence-corrected chi connectivity index (χ4v) is 4.62. The van der Waals surface area contributed by atoms with Gasteiger partial charge in [-0.15, -0.1) is 11.3 Å². The van der Waals surface area contributed by atoms with E-state index in [1.54, 1.807) is 22.9 Å². The zero-order valence-electron chi connectivity index (χ0n) is 17.5. The number of carbonyl (C=O) groups is 3. The first kappa shape index (κ1) is 21.9. The molecule has 0 saturated carbocycles. The number of rotatable bonds is 8. The molecule has 0 atom stereocenters. The van der Waals surface area contributed by atoms with E-state index in [9.17, 15) is 18.8 Å². The normalized spacial score (nSPS) is 12.4. The fraction of sp³-hybridized carbons (Fsp3) is 0.304. The van der Waals surface area contributed by atoms with E-state index in [2.05, 4.69) is 10.4 Å². The van der Waals surface area contributed by atoms with E-state index in [0.717, 1.165) is 29.0 Å². The van der Waals surface area contributed by atoms with E-state index in [0.29, 0.717) is 30.0 Å². The minimum absolute atomic E-state index is 0.0990. The first-order chi connectivity index (χ1) is 15.4. The Kier molecular flexibility index (Phi) is 6.45. The lowest BCUT2D eigenvalue weighted by atomic mass is 10.2. The summed E-state index contributed by atoms with van der Waals surface area (Å²) < 4.78 is 20.2. The van der Waals surface area contributed by atoms with Crippen LogP contribution in [0.2, 0.25) is 0 Å². The Morgan fingerprint density at radius 1 is 1.16 bits per heavy atom. The van der Waals surface area contributed by atoms with E-state index < -0.39 is 5.97 Å². The van der Waals surface area contributed by atoms with Gasteiger partial charge in [0.2, 0.25) is 11.7 Å². The van der Waals surface area contributed by atoms with E-state index in [1.165, 1.54) is 30.4 Å². The quantitative estimate of drug-likeness (QED) is 0.416. The number of nitrogens with zero attached hydrogens (tertiary/aromatic N) is 2. The number of hydrogen-bond donors (Lipinski definition) is 1. The summed E-state index contributed by atoms with van der Waals surface area (Å²) in [6.07, 6.45) is 2.99. The van der Waals surface area contributed by atoms with E-state index in [-0.39, 0.29) is 29.8 Å². The standard InChI is InChI=1S/C23H22FN3O4S/c1-14(28)25-12-11-17-9-10-21(32-17)20(29)13-31-23(30)22-18-3-2-4-19(18)27(26-22)16-7-5-15(24)6-8-16/h5-10H,2-4,11-13H2,1H3,(H,25,28). The van der Waals surface area contributed by atoms with E-state index >= 15 is 0 Å². The van der Waals surface area contributed by atoms with Gasteiger partial charge < -0.3 is 10.1 Å². The summed E-state index contributed by atoms with van der Waals surface area (Å²) >= 11 is 1.32. The number of carbonyl (C=O) groups excluding carboxylic acids is 3. The second kappa shape index (κ2) is 9.44. The molecular weight excluding hydrogens is 433 g/mol. The van der Waals surface area contributed by atoms with Gasteiger partial charge in [0.05, 0.1) is 10.6 Å². The van der Waals surface area contributed by atoms with Gasteiger partial charge in [0.25, 0.3) is 0 Å². The smallest absolute Gasteiger partial charge is 0.359 e. The van der Waals surface area contributed by atoms with Crippen molar-refractivity contribution in [1.82, 2.24) is 15.1 Å². The van der Waals surface area contributed by atoms with Crippen LogP contribution in [-0.2, 0) is 28.8 Å². The van der Waals surface area contributed by atoms with Crippen LogP contribution in [0.4, 0.5) is 4.39 Å². The van der Waals surface area contributed by atoms with Gasteiger partial charge in [-0.05, 0) is 62.1 Å². The van der Waals surface area contributed by atoms with Crippen LogP contribution in [0.1, 0.15) is 49.6 Å². The molecule has 0 saturated heterocycles. The Bertz CT molecular complexity index is 1170. The van der Waals surface area contributed by atoms with Gasteiger partial charge in [-0.2, -0.15) is 5.10 Å². The predicted molar refractivity (Wildman–Crippen MR) is 117 cm³/mol. The Morgan fingerprint density at radius 3 is 2.69 bits per heavy atom. The van der Waals surface area contributed by atoms with Crippen molar-refractivity contribution in [3.05, 3.63) is 68.9 Å². The molecule has 0 aliphatic heterocycles. The molecule has 2 aromatic heterocycles. The van der Waals surface area contributed by atoms with Crippen LogP contribution in [0, 0.1) is 5.82 Å². The Morgan fingerprint density at radius 2 is 1.94 bits per heavy atom. The van der Waals surface area contributed by atoms with Crippen molar-refractivity contribution in [2.24, 2.45) is 0 Å². The van der Waals surface area contributed by atoms with Crippen LogP contribution in [0.15, 0.2) is 36.4 Å². The SMILES string of the molecule is CC(=O)NCCc1ccc(C(=O)COC(=O)c2nn(-c3ccc(F)cc3)c3c2CCC3)s1. The average molecular weight is 456 g/mol. The zero-order valence-corrected chi connectivity index (χ0v) is 18.3. The monoisotopic (exact) mass is 455 g/mol. The Labute approximate surface area is 188 Å². The lowest BCUT2D eigenvalue weighted by Gasteiger charge is -2.05. The minimum Gasteiger partial charge on any atom is -0.452 e. The maximum Gasteiger partial charge on any atom is 0.359 e. The number of Topliss-reactive ketones (excluding diaryl/α,β-unsaturated/α-hetero) is 1. The van der Waals surface area contributed by atoms with Crippen LogP contribution in [0.3, 0.4) is 0 Å². The zero-order chi connectivity index (χ0) is 22.7. The molecule has 0 fully saturated rings. The molecule has 32 heavy (non-hydrogen) atoms. The minimum atomic E-state index is -0.639. The number of nitrogens with one attached hydrogen (secondary N) is 1. The van der Waals surface area contributed by atoms with Crippen molar-refractivity contribution in [2.75, 3.05) is 13.2 Å². The summed E-state index contributed by atoms with van der Waals surface area (Å²) in [7, 11) is 0. The molecule has 0 radical (unpaired) electrons. The summed E-state index contributed by atoms with van der Waals surface area (Å²) in [5.74, 6) is -1.37. The second-order valence-corrected chi connectivity index (χ2v) is 8.68. The fourth-order valence-electron chi connectivity index (χ4n) is 3.69. The Balaban J connectivity index is 1.41. The van der Waals surface area contributed by atoms with Crippen molar-refractivity contribution in [3.8, 4) is 5.69 Å². The number of amides is 1. The van der Waals surface area contributed by atoms with Crippen LogP contribution < -0.4 is 5.32 Å². The molecule has 0 bridgehead atoms.